The lowest BCUT2D eigenvalue weighted by atomic mass is 10.1. The van der Waals surface area contributed by atoms with Gasteiger partial charge in [-0.3, -0.25) is 0 Å². The van der Waals surface area contributed by atoms with E-state index in [1.165, 1.54) is 18.3 Å². The number of ether oxygens (including phenoxy) is 2. The van der Waals surface area contributed by atoms with Gasteiger partial charge in [0.1, 0.15) is 15.6 Å². The molecular formula is C19H21F2NO3S. The fourth-order valence-electron chi connectivity index (χ4n) is 2.34. The highest BCUT2D eigenvalue weighted by molar-refractivity contribution is 7.17. The molecule has 1 aromatic heterocycles. The summed E-state index contributed by atoms with van der Waals surface area (Å²) in [6.07, 6.45) is -0.249. The number of rotatable bonds is 8. The van der Waals surface area contributed by atoms with Gasteiger partial charge < -0.3 is 9.47 Å². The van der Waals surface area contributed by atoms with Crippen LogP contribution >= 0.6 is 11.3 Å². The SMILES string of the molecule is COc1ccccc1-c1nc(C)c(C(=O)OCCCCC(C)=C(F)F)s1. The number of hydrogen-bond acceptors (Lipinski definition) is 5. The molecule has 1 heterocycles. The van der Waals surface area contributed by atoms with Crippen LogP contribution in [0.5, 0.6) is 5.75 Å². The summed E-state index contributed by atoms with van der Waals surface area (Å²) < 4.78 is 35.2. The van der Waals surface area contributed by atoms with Gasteiger partial charge in [0.25, 0.3) is 6.08 Å². The second-order valence-electron chi connectivity index (χ2n) is 5.77. The number of benzene rings is 1. The number of aryl methyl sites for hydroxylation is 1. The number of methoxy groups -OCH3 is 1. The number of esters is 1. The van der Waals surface area contributed by atoms with Gasteiger partial charge in [-0.2, -0.15) is 8.78 Å². The van der Waals surface area contributed by atoms with Crippen molar-refractivity contribution in [1.82, 2.24) is 4.98 Å². The van der Waals surface area contributed by atoms with Crippen molar-refractivity contribution in [3.63, 3.8) is 0 Å². The molecule has 2 aromatic rings. The lowest BCUT2D eigenvalue weighted by Gasteiger charge is -2.04. The van der Waals surface area contributed by atoms with E-state index in [1.807, 2.05) is 24.3 Å². The maximum Gasteiger partial charge on any atom is 0.350 e. The van der Waals surface area contributed by atoms with Gasteiger partial charge in [0.2, 0.25) is 0 Å². The molecule has 0 aliphatic rings. The molecule has 0 amide bonds. The largest absolute Gasteiger partial charge is 0.496 e. The Hall–Kier alpha value is -2.28. The van der Waals surface area contributed by atoms with Gasteiger partial charge in [-0.05, 0) is 50.8 Å². The van der Waals surface area contributed by atoms with Crippen LogP contribution in [0.1, 0.15) is 41.6 Å². The molecule has 0 radical (unpaired) electrons. The van der Waals surface area contributed by atoms with Crippen LogP contribution in [0.25, 0.3) is 10.6 Å². The third-order valence-corrected chi connectivity index (χ3v) is 4.99. The molecule has 0 aliphatic carbocycles. The summed E-state index contributed by atoms with van der Waals surface area (Å²) in [5, 5.41) is 0.686. The standard InChI is InChI=1S/C19H21F2NO3S/c1-12(17(20)21)8-6-7-11-25-19(23)16-13(2)22-18(26-16)14-9-4-5-10-15(14)24-3/h4-5,9-10H,6-8,11H2,1-3H3. The average molecular weight is 381 g/mol. The van der Waals surface area contributed by atoms with Crippen LogP contribution in [0.4, 0.5) is 8.78 Å². The number of carbonyl (C=O) groups is 1. The first kappa shape index (κ1) is 20.0. The Bertz CT molecular complexity index is 798. The van der Waals surface area contributed by atoms with Crippen LogP contribution in [0.15, 0.2) is 35.9 Å². The van der Waals surface area contributed by atoms with Crippen molar-refractivity contribution in [2.24, 2.45) is 0 Å². The van der Waals surface area contributed by atoms with Gasteiger partial charge >= 0.3 is 5.97 Å². The molecule has 2 rings (SSSR count). The van der Waals surface area contributed by atoms with E-state index in [0.29, 0.717) is 40.6 Å². The molecule has 0 N–H and O–H groups in total. The van der Waals surface area contributed by atoms with Crippen molar-refractivity contribution in [2.45, 2.75) is 33.1 Å². The van der Waals surface area contributed by atoms with E-state index in [0.717, 1.165) is 5.56 Å². The second kappa shape index (κ2) is 9.43. The Morgan fingerprint density at radius 1 is 1.23 bits per heavy atom. The smallest absolute Gasteiger partial charge is 0.350 e. The number of carbonyl (C=O) groups excluding carboxylic acids is 1. The van der Waals surface area contributed by atoms with Crippen LogP contribution in [0, 0.1) is 6.92 Å². The van der Waals surface area contributed by atoms with Crippen molar-refractivity contribution in [3.8, 4) is 16.3 Å². The van der Waals surface area contributed by atoms with Crippen molar-refractivity contribution in [1.29, 1.82) is 0 Å². The zero-order valence-electron chi connectivity index (χ0n) is 15.0. The number of aromatic nitrogens is 1. The fraction of sp³-hybridized carbons (Fsp3) is 0.368. The summed E-state index contributed by atoms with van der Waals surface area (Å²) in [5.74, 6) is 0.245. The molecule has 0 bridgehead atoms. The third-order valence-electron chi connectivity index (χ3n) is 3.82. The summed E-state index contributed by atoms with van der Waals surface area (Å²) >= 11 is 1.25. The van der Waals surface area contributed by atoms with Gasteiger partial charge in [0, 0.05) is 0 Å². The minimum atomic E-state index is -1.63. The summed E-state index contributed by atoms with van der Waals surface area (Å²) in [4.78, 5) is 17.1. The quantitative estimate of drug-likeness (QED) is 0.439. The molecule has 0 spiro atoms. The van der Waals surface area contributed by atoms with E-state index in [-0.39, 0.29) is 12.2 Å². The first-order valence-electron chi connectivity index (χ1n) is 8.22. The number of thiazole rings is 1. The van der Waals surface area contributed by atoms with E-state index in [9.17, 15) is 13.6 Å². The van der Waals surface area contributed by atoms with Crippen LogP contribution < -0.4 is 4.74 Å². The molecule has 4 nitrogen and oxygen atoms in total. The normalized spacial score (nSPS) is 10.5. The molecule has 0 atom stereocenters. The number of halogens is 2. The predicted octanol–water partition coefficient (Wildman–Crippen LogP) is 5.62. The fourth-order valence-corrected chi connectivity index (χ4v) is 3.33. The van der Waals surface area contributed by atoms with Crippen molar-refractivity contribution in [3.05, 3.63) is 46.5 Å². The first-order valence-corrected chi connectivity index (χ1v) is 9.04. The first-order chi connectivity index (χ1) is 12.4. The average Bonchev–Trinajstić information content (AvgIpc) is 3.02. The lowest BCUT2D eigenvalue weighted by molar-refractivity contribution is 0.0503. The Balaban J connectivity index is 1.96. The van der Waals surface area contributed by atoms with Crippen molar-refractivity contribution in [2.75, 3.05) is 13.7 Å². The third kappa shape index (κ3) is 5.11. The van der Waals surface area contributed by atoms with E-state index in [4.69, 9.17) is 9.47 Å². The highest BCUT2D eigenvalue weighted by Gasteiger charge is 2.19. The molecule has 26 heavy (non-hydrogen) atoms. The summed E-state index contributed by atoms with van der Waals surface area (Å²) in [6, 6.07) is 7.46. The van der Waals surface area contributed by atoms with Crippen LogP contribution in [0.3, 0.4) is 0 Å². The van der Waals surface area contributed by atoms with E-state index < -0.39 is 12.0 Å². The van der Waals surface area contributed by atoms with Gasteiger partial charge in [-0.25, -0.2) is 9.78 Å². The molecule has 0 unspecified atom stereocenters. The highest BCUT2D eigenvalue weighted by atomic mass is 32.1. The Morgan fingerprint density at radius 3 is 2.65 bits per heavy atom. The topological polar surface area (TPSA) is 48.4 Å². The molecule has 0 aliphatic heterocycles. The van der Waals surface area contributed by atoms with Crippen LogP contribution in [-0.4, -0.2) is 24.7 Å². The number of nitrogens with zero attached hydrogens (tertiary/aromatic N) is 1. The molecule has 1 aromatic carbocycles. The predicted molar refractivity (Wildman–Crippen MR) is 97.9 cm³/mol. The molecule has 0 saturated carbocycles. The van der Waals surface area contributed by atoms with Gasteiger partial charge in [0.05, 0.1) is 25.0 Å². The Morgan fingerprint density at radius 2 is 1.96 bits per heavy atom. The zero-order valence-corrected chi connectivity index (χ0v) is 15.8. The van der Waals surface area contributed by atoms with Gasteiger partial charge in [-0.1, -0.05) is 12.1 Å². The van der Waals surface area contributed by atoms with E-state index in [2.05, 4.69) is 4.98 Å². The van der Waals surface area contributed by atoms with E-state index in [1.54, 1.807) is 14.0 Å². The lowest BCUT2D eigenvalue weighted by Crippen LogP contribution is -2.06. The van der Waals surface area contributed by atoms with Crippen LogP contribution in [0.2, 0.25) is 0 Å². The van der Waals surface area contributed by atoms with Crippen molar-refractivity contribution < 1.29 is 23.0 Å². The second-order valence-corrected chi connectivity index (χ2v) is 6.77. The zero-order chi connectivity index (χ0) is 19.1. The van der Waals surface area contributed by atoms with Gasteiger partial charge in [-0.15, -0.1) is 11.3 Å². The molecule has 140 valence electrons. The number of allylic oxidation sites excluding steroid dienone is 1. The van der Waals surface area contributed by atoms with Gasteiger partial charge in [0.15, 0.2) is 0 Å². The number of hydrogen-bond donors (Lipinski definition) is 0. The highest BCUT2D eigenvalue weighted by Crippen LogP contribution is 2.34. The molecule has 7 heteroatoms. The molecular weight excluding hydrogens is 360 g/mol. The number of para-hydroxylation sites is 1. The van der Waals surface area contributed by atoms with E-state index >= 15 is 0 Å². The minimum Gasteiger partial charge on any atom is -0.496 e. The molecule has 0 fully saturated rings. The summed E-state index contributed by atoms with van der Waals surface area (Å²) in [7, 11) is 1.58. The summed E-state index contributed by atoms with van der Waals surface area (Å²) in [6.45, 7) is 3.35. The maximum absolute atomic E-state index is 12.3. The van der Waals surface area contributed by atoms with Crippen LogP contribution in [-0.2, 0) is 4.74 Å². The minimum absolute atomic E-state index is 0.0797. The monoisotopic (exact) mass is 381 g/mol. The maximum atomic E-state index is 12.3. The Kier molecular flexibility index (Phi) is 7.26. The summed E-state index contributed by atoms with van der Waals surface area (Å²) in [5.41, 5.74) is 1.49. The Labute approximate surface area is 155 Å². The molecule has 0 saturated heterocycles. The number of unbranched alkanes of at least 4 members (excludes halogenated alkanes) is 1. The van der Waals surface area contributed by atoms with Crippen molar-refractivity contribution >= 4 is 17.3 Å².